The number of para-hydroxylation sites is 1. The molecule has 2 aromatic rings. The van der Waals surface area contributed by atoms with Gasteiger partial charge in [-0.1, -0.05) is 36.7 Å². The Bertz CT molecular complexity index is 1500. The molecule has 0 N–H and O–H groups in total. The van der Waals surface area contributed by atoms with Crippen molar-refractivity contribution in [1.29, 1.82) is 0 Å². The molecule has 0 bridgehead atoms. The summed E-state index contributed by atoms with van der Waals surface area (Å²) >= 11 is 6.36. The van der Waals surface area contributed by atoms with Gasteiger partial charge in [-0.15, -0.1) is 13.2 Å². The molecule has 0 aliphatic carbocycles. The molecule has 0 spiro atoms. The smallest absolute Gasteiger partial charge is 0.317 e. The number of esters is 1. The lowest BCUT2D eigenvalue weighted by Gasteiger charge is -2.41. The Labute approximate surface area is 274 Å². The first kappa shape index (κ1) is 33.2. The molecule has 0 aromatic heterocycles. The number of piperazine rings is 2. The van der Waals surface area contributed by atoms with Gasteiger partial charge in [-0.05, 0) is 43.2 Å². The number of halogens is 1. The van der Waals surface area contributed by atoms with Crippen LogP contribution >= 0.6 is 11.6 Å². The quantitative estimate of drug-likeness (QED) is 0.156. The van der Waals surface area contributed by atoms with Crippen LogP contribution in [0.5, 0.6) is 5.75 Å². The van der Waals surface area contributed by atoms with E-state index in [9.17, 15) is 19.2 Å². The summed E-state index contributed by atoms with van der Waals surface area (Å²) in [5.74, 6) is -2.12. The van der Waals surface area contributed by atoms with Gasteiger partial charge in [0.15, 0.2) is 5.75 Å². The van der Waals surface area contributed by atoms with E-state index in [1.165, 1.54) is 9.80 Å². The van der Waals surface area contributed by atoms with Crippen molar-refractivity contribution in [1.82, 2.24) is 4.90 Å². The maximum Gasteiger partial charge on any atom is 0.317 e. The fraction of sp³-hybridized carbons (Fsp3) is 0.412. The Morgan fingerprint density at radius 2 is 1.54 bits per heavy atom. The van der Waals surface area contributed by atoms with Crippen molar-refractivity contribution >= 4 is 58.0 Å². The average Bonchev–Trinajstić information content (AvgIpc) is 3.06. The molecule has 0 unspecified atom stereocenters. The first-order valence-electron chi connectivity index (χ1n) is 15.6. The highest BCUT2D eigenvalue weighted by atomic mass is 35.5. The second-order valence-electron chi connectivity index (χ2n) is 11.3. The van der Waals surface area contributed by atoms with Crippen molar-refractivity contribution in [2.24, 2.45) is 0 Å². The SMILES string of the molecule is C=CCN(CC=C)c1ccc(Cl)cc1N1CCN(c2cccc(N3CCN(C4CCOCC4)CC3=O)c2OC(=O)CC)C(=O)C1=O. The van der Waals surface area contributed by atoms with Gasteiger partial charge in [0.1, 0.15) is 0 Å². The largest absolute Gasteiger partial charge is 0.422 e. The normalized spacial score (nSPS) is 18.1. The number of amides is 3. The number of nitrogens with zero attached hydrogens (tertiary/aromatic N) is 5. The third kappa shape index (κ3) is 6.96. The Morgan fingerprint density at radius 1 is 0.935 bits per heavy atom. The predicted molar refractivity (Wildman–Crippen MR) is 179 cm³/mol. The summed E-state index contributed by atoms with van der Waals surface area (Å²) in [6.45, 7) is 13.2. The molecule has 3 aliphatic rings. The minimum atomic E-state index is -0.794. The van der Waals surface area contributed by atoms with Gasteiger partial charge >= 0.3 is 17.8 Å². The van der Waals surface area contributed by atoms with Crippen molar-refractivity contribution in [2.45, 2.75) is 32.2 Å². The maximum absolute atomic E-state index is 13.8. The van der Waals surface area contributed by atoms with Gasteiger partial charge in [0, 0.05) is 70.0 Å². The highest BCUT2D eigenvalue weighted by molar-refractivity contribution is 6.46. The number of hydrogen-bond acceptors (Lipinski definition) is 8. The summed E-state index contributed by atoms with van der Waals surface area (Å²) in [6.07, 6.45) is 5.33. The second kappa shape index (κ2) is 14.9. The van der Waals surface area contributed by atoms with Crippen LogP contribution in [-0.4, -0.2) is 93.7 Å². The summed E-state index contributed by atoms with van der Waals surface area (Å²) in [5.41, 5.74) is 1.84. The monoisotopic (exact) mass is 649 g/mol. The first-order chi connectivity index (χ1) is 22.3. The van der Waals surface area contributed by atoms with Crippen LogP contribution in [0.15, 0.2) is 61.7 Å². The number of anilines is 4. The van der Waals surface area contributed by atoms with E-state index in [1.807, 2.05) is 4.90 Å². The topological polar surface area (TPSA) is 103 Å². The molecule has 46 heavy (non-hydrogen) atoms. The second-order valence-corrected chi connectivity index (χ2v) is 11.8. The van der Waals surface area contributed by atoms with E-state index in [4.69, 9.17) is 21.1 Å². The average molecular weight is 650 g/mol. The van der Waals surface area contributed by atoms with Crippen LogP contribution in [0.4, 0.5) is 22.7 Å². The van der Waals surface area contributed by atoms with Gasteiger partial charge in [-0.3, -0.25) is 29.0 Å². The summed E-state index contributed by atoms with van der Waals surface area (Å²) in [5, 5.41) is 0.418. The summed E-state index contributed by atoms with van der Waals surface area (Å²) in [6, 6.07) is 10.5. The molecule has 3 fully saturated rings. The van der Waals surface area contributed by atoms with Crippen LogP contribution in [0.2, 0.25) is 5.02 Å². The fourth-order valence-electron chi connectivity index (χ4n) is 6.19. The Morgan fingerprint density at radius 3 is 2.15 bits per heavy atom. The van der Waals surface area contributed by atoms with E-state index in [-0.39, 0.29) is 49.4 Å². The maximum atomic E-state index is 13.8. The highest BCUT2D eigenvalue weighted by Gasteiger charge is 2.39. The van der Waals surface area contributed by atoms with Gasteiger partial charge < -0.3 is 24.2 Å². The molecule has 11 nitrogen and oxygen atoms in total. The molecule has 0 saturated carbocycles. The molecular formula is C34H40ClN5O6. The minimum absolute atomic E-state index is 0.0865. The number of ether oxygens (including phenoxy) is 2. The van der Waals surface area contributed by atoms with E-state index >= 15 is 0 Å². The lowest BCUT2D eigenvalue weighted by Crippen LogP contribution is -2.55. The third-order valence-electron chi connectivity index (χ3n) is 8.51. The van der Waals surface area contributed by atoms with E-state index < -0.39 is 17.8 Å². The van der Waals surface area contributed by atoms with Gasteiger partial charge in [0.2, 0.25) is 5.91 Å². The fourth-order valence-corrected chi connectivity index (χ4v) is 6.36. The molecule has 2 aromatic carbocycles. The van der Waals surface area contributed by atoms with Crippen LogP contribution in [0.25, 0.3) is 0 Å². The van der Waals surface area contributed by atoms with Crippen LogP contribution in [0, 0.1) is 0 Å². The molecule has 3 amide bonds. The van der Waals surface area contributed by atoms with Crippen LogP contribution in [0.1, 0.15) is 26.2 Å². The zero-order valence-electron chi connectivity index (χ0n) is 26.2. The Balaban J connectivity index is 1.44. The Hall–Kier alpha value is -4.19. The van der Waals surface area contributed by atoms with E-state index in [2.05, 4.69) is 18.1 Å². The van der Waals surface area contributed by atoms with Crippen molar-refractivity contribution in [3.05, 3.63) is 66.7 Å². The van der Waals surface area contributed by atoms with Crippen molar-refractivity contribution in [3.8, 4) is 5.75 Å². The zero-order chi connectivity index (χ0) is 32.8. The highest BCUT2D eigenvalue weighted by Crippen LogP contribution is 2.41. The van der Waals surface area contributed by atoms with E-state index in [0.29, 0.717) is 61.5 Å². The molecule has 3 aliphatic heterocycles. The molecule has 0 atom stereocenters. The zero-order valence-corrected chi connectivity index (χ0v) is 26.9. The van der Waals surface area contributed by atoms with E-state index in [1.54, 1.807) is 60.4 Å². The standard InChI is InChI=1S/C34H40ClN5O6/c1-4-14-36(15-5-2)26-11-10-24(35)22-29(26)40-19-18-39(33(43)34(40)44)28-9-7-8-27(32(28)46-31(42)6-3)38-17-16-37(23-30(38)41)25-12-20-45-21-13-25/h4-5,7-11,22,25H,1-2,6,12-21,23H2,3H3. The number of benzene rings is 2. The van der Waals surface area contributed by atoms with Gasteiger partial charge in [0.05, 0.1) is 29.3 Å². The molecule has 3 saturated heterocycles. The third-order valence-corrected chi connectivity index (χ3v) is 8.74. The lowest BCUT2D eigenvalue weighted by molar-refractivity contribution is -0.137. The molecule has 0 radical (unpaired) electrons. The Kier molecular flexibility index (Phi) is 10.8. The number of carbonyl (C=O) groups is 4. The van der Waals surface area contributed by atoms with Crippen molar-refractivity contribution < 1.29 is 28.7 Å². The van der Waals surface area contributed by atoms with Gasteiger partial charge in [-0.2, -0.15) is 0 Å². The van der Waals surface area contributed by atoms with Crippen molar-refractivity contribution in [2.75, 3.05) is 78.6 Å². The van der Waals surface area contributed by atoms with Gasteiger partial charge in [0.25, 0.3) is 0 Å². The van der Waals surface area contributed by atoms with E-state index in [0.717, 1.165) is 12.8 Å². The number of carbonyl (C=O) groups excluding carboxylic acids is 4. The van der Waals surface area contributed by atoms with Gasteiger partial charge in [-0.25, -0.2) is 0 Å². The molecule has 5 rings (SSSR count). The number of hydrogen-bond donors (Lipinski definition) is 0. The number of rotatable bonds is 11. The van der Waals surface area contributed by atoms with Crippen LogP contribution < -0.4 is 24.3 Å². The van der Waals surface area contributed by atoms with Crippen LogP contribution in [0.3, 0.4) is 0 Å². The molecule has 3 heterocycles. The lowest BCUT2D eigenvalue weighted by atomic mass is 10.1. The minimum Gasteiger partial charge on any atom is -0.422 e. The molecular weight excluding hydrogens is 610 g/mol. The van der Waals surface area contributed by atoms with Crippen molar-refractivity contribution in [3.63, 3.8) is 0 Å². The van der Waals surface area contributed by atoms with Crippen LogP contribution in [-0.2, 0) is 23.9 Å². The first-order valence-corrected chi connectivity index (χ1v) is 16.0. The summed E-state index contributed by atoms with van der Waals surface area (Å²) in [4.78, 5) is 62.3. The summed E-state index contributed by atoms with van der Waals surface area (Å²) in [7, 11) is 0. The molecule has 12 heteroatoms. The summed E-state index contributed by atoms with van der Waals surface area (Å²) < 4.78 is 11.3. The molecule has 244 valence electrons. The predicted octanol–water partition coefficient (Wildman–Crippen LogP) is 4.04.